The second-order valence-corrected chi connectivity index (χ2v) is 4.36. The molecule has 0 saturated heterocycles. The van der Waals surface area contributed by atoms with Gasteiger partial charge in [0, 0.05) is 24.3 Å². The Labute approximate surface area is 139 Å². The zero-order chi connectivity index (χ0) is 13.1. The average Bonchev–Trinajstić information content (AvgIpc) is 2.38. The van der Waals surface area contributed by atoms with E-state index in [-0.39, 0.29) is 34.0 Å². The van der Waals surface area contributed by atoms with E-state index in [9.17, 15) is 10.2 Å². The van der Waals surface area contributed by atoms with Crippen molar-refractivity contribution in [1.29, 1.82) is 0 Å². The molecule has 0 bridgehead atoms. The number of aliphatic hydroxyl groups excluding tert-OH is 2. The zero-order valence-corrected chi connectivity index (χ0v) is 14.5. The second kappa shape index (κ2) is 8.46. The van der Waals surface area contributed by atoms with Crippen LogP contribution in [0.15, 0.2) is 48.8 Å². The zero-order valence-electron chi connectivity index (χ0n) is 11.3. The Balaban J connectivity index is 0.00000180. The Morgan fingerprint density at radius 1 is 0.750 bits per heavy atom. The smallest absolute Gasteiger partial charge is 0.213 e. The van der Waals surface area contributed by atoms with E-state index in [4.69, 9.17) is 0 Å². The summed E-state index contributed by atoms with van der Waals surface area (Å²) in [5.41, 5.74) is 1.35. The number of nitrogens with zero attached hydrogens (tertiary/aromatic N) is 2. The van der Waals surface area contributed by atoms with Crippen molar-refractivity contribution >= 4 is 0 Å². The molecule has 20 heavy (non-hydrogen) atoms. The number of aromatic nitrogens is 2. The first-order chi connectivity index (χ1) is 8.61. The fraction of sp³-hybridized carbons (Fsp3) is 0.286. The van der Waals surface area contributed by atoms with Crippen LogP contribution in [0.25, 0.3) is 0 Å². The Morgan fingerprint density at radius 3 is 1.40 bits per heavy atom. The third-order valence-electron chi connectivity index (χ3n) is 3.10. The lowest BCUT2D eigenvalue weighted by molar-refractivity contribution is -0.691. The van der Waals surface area contributed by atoms with Crippen LogP contribution >= 0.6 is 0 Å². The van der Waals surface area contributed by atoms with Gasteiger partial charge >= 0.3 is 0 Å². The fourth-order valence-corrected chi connectivity index (χ4v) is 2.01. The van der Waals surface area contributed by atoms with E-state index in [1.807, 2.05) is 50.8 Å². The molecule has 0 spiro atoms. The summed E-state index contributed by atoms with van der Waals surface area (Å²) in [6, 6.07) is 11.1. The number of hydrogen-bond acceptors (Lipinski definition) is 2. The number of pyridine rings is 2. The van der Waals surface area contributed by atoms with Crippen molar-refractivity contribution < 1.29 is 53.3 Å². The first-order valence-corrected chi connectivity index (χ1v) is 5.86. The minimum atomic E-state index is -0.954. The second-order valence-electron chi connectivity index (χ2n) is 4.36. The van der Waals surface area contributed by atoms with Crippen molar-refractivity contribution in [3.8, 4) is 0 Å². The van der Waals surface area contributed by atoms with Crippen LogP contribution in [-0.2, 0) is 14.1 Å². The molecule has 0 aromatic carbocycles. The first kappa shape index (κ1) is 19.2. The van der Waals surface area contributed by atoms with E-state index in [2.05, 4.69) is 0 Å². The van der Waals surface area contributed by atoms with E-state index >= 15 is 0 Å². The molecule has 0 radical (unpaired) electrons. The van der Waals surface area contributed by atoms with Crippen molar-refractivity contribution in [1.82, 2.24) is 0 Å². The molecule has 2 rings (SSSR count). The summed E-state index contributed by atoms with van der Waals surface area (Å²) in [5, 5.41) is 20.5. The van der Waals surface area contributed by atoms with E-state index < -0.39 is 12.2 Å². The number of hydrogen-bond donors (Lipinski definition) is 2. The minimum absolute atomic E-state index is 0. The predicted octanol–water partition coefficient (Wildman–Crippen LogP) is -5.89. The van der Waals surface area contributed by atoms with Gasteiger partial charge < -0.3 is 44.2 Å². The number of halogens is 2. The molecule has 0 saturated carbocycles. The molecule has 0 amide bonds. The minimum Gasteiger partial charge on any atom is -1.00 e. The van der Waals surface area contributed by atoms with Crippen molar-refractivity contribution in [3.05, 3.63) is 60.2 Å². The maximum Gasteiger partial charge on any atom is 0.213 e. The summed E-state index contributed by atoms with van der Waals surface area (Å²) >= 11 is 0. The van der Waals surface area contributed by atoms with Crippen molar-refractivity contribution in [2.45, 2.75) is 12.2 Å². The summed E-state index contributed by atoms with van der Waals surface area (Å²) < 4.78 is 3.60. The van der Waals surface area contributed by atoms with Gasteiger partial charge in [0.1, 0.15) is 14.1 Å². The van der Waals surface area contributed by atoms with E-state index in [0.29, 0.717) is 11.4 Å². The highest BCUT2D eigenvalue weighted by molar-refractivity contribution is 5.08. The molecular formula is C14H18Br2N2O2. The highest BCUT2D eigenvalue weighted by atomic mass is 79.9. The van der Waals surface area contributed by atoms with Gasteiger partial charge in [0.15, 0.2) is 24.6 Å². The van der Waals surface area contributed by atoms with E-state index in [0.717, 1.165) is 0 Å². The van der Waals surface area contributed by atoms with Crippen molar-refractivity contribution in [2.75, 3.05) is 0 Å². The fourth-order valence-electron chi connectivity index (χ4n) is 2.01. The monoisotopic (exact) mass is 404 g/mol. The number of aryl methyl sites for hydroxylation is 2. The Kier molecular flexibility index (Phi) is 8.12. The summed E-state index contributed by atoms with van der Waals surface area (Å²) in [6.45, 7) is 0. The lowest BCUT2D eigenvalue weighted by atomic mass is 10.1. The molecule has 2 atom stereocenters. The quantitative estimate of drug-likeness (QED) is 0.500. The van der Waals surface area contributed by atoms with Gasteiger partial charge in [-0.25, -0.2) is 9.13 Å². The molecule has 2 N–H and O–H groups in total. The van der Waals surface area contributed by atoms with Crippen molar-refractivity contribution in [2.24, 2.45) is 14.1 Å². The van der Waals surface area contributed by atoms with E-state index in [1.54, 1.807) is 21.3 Å². The summed E-state index contributed by atoms with van der Waals surface area (Å²) in [5.74, 6) is 0. The van der Waals surface area contributed by atoms with Gasteiger partial charge in [-0.2, -0.15) is 0 Å². The van der Waals surface area contributed by atoms with Gasteiger partial charge in [0.25, 0.3) is 0 Å². The van der Waals surface area contributed by atoms with Crippen LogP contribution in [0, 0.1) is 0 Å². The van der Waals surface area contributed by atoms with Crippen LogP contribution < -0.4 is 43.1 Å². The lowest BCUT2D eigenvalue weighted by Crippen LogP contribution is -3.00. The van der Waals surface area contributed by atoms with Crippen LogP contribution in [0.3, 0.4) is 0 Å². The van der Waals surface area contributed by atoms with Gasteiger partial charge in [0.2, 0.25) is 11.4 Å². The molecule has 110 valence electrons. The largest absolute Gasteiger partial charge is 1.00 e. The molecule has 2 unspecified atom stereocenters. The number of rotatable bonds is 3. The SMILES string of the molecule is C[n+]1ccccc1C(O)C(O)c1cccc[n+]1C.[Br-].[Br-]. The standard InChI is InChI=1S/C14H18N2O2.2BrH/c1-15-9-5-3-7-11(15)13(17)14(18)12-8-4-6-10-16(12)2;;/h3-10,13-14,17-18H,1-2H3;2*1H/q+2;;/p-2. The molecular weight excluding hydrogens is 388 g/mol. The lowest BCUT2D eigenvalue weighted by Gasteiger charge is -2.14. The maximum atomic E-state index is 10.3. The molecule has 2 heterocycles. The average molecular weight is 406 g/mol. The molecule has 0 aliphatic rings. The number of aliphatic hydroxyl groups is 2. The maximum absolute atomic E-state index is 10.3. The van der Waals surface area contributed by atoms with Crippen LogP contribution in [0.2, 0.25) is 0 Å². The first-order valence-electron chi connectivity index (χ1n) is 5.86. The van der Waals surface area contributed by atoms with Gasteiger partial charge in [-0.05, 0) is 0 Å². The van der Waals surface area contributed by atoms with Crippen molar-refractivity contribution in [3.63, 3.8) is 0 Å². The van der Waals surface area contributed by atoms with Gasteiger partial charge in [-0.3, -0.25) is 0 Å². The van der Waals surface area contributed by atoms with E-state index in [1.165, 1.54) is 0 Å². The third kappa shape index (κ3) is 4.09. The molecule has 2 aromatic rings. The Morgan fingerprint density at radius 2 is 1.10 bits per heavy atom. The van der Waals surface area contributed by atoms with Crippen LogP contribution in [-0.4, -0.2) is 10.2 Å². The molecule has 6 heteroatoms. The van der Waals surface area contributed by atoms with Crippen LogP contribution in [0.4, 0.5) is 0 Å². The molecule has 4 nitrogen and oxygen atoms in total. The predicted molar refractivity (Wildman–Crippen MR) is 65.2 cm³/mol. The highest BCUT2D eigenvalue weighted by Gasteiger charge is 2.31. The molecule has 0 aliphatic heterocycles. The topological polar surface area (TPSA) is 48.2 Å². The van der Waals surface area contributed by atoms with Gasteiger partial charge in [0.05, 0.1) is 0 Å². The third-order valence-corrected chi connectivity index (χ3v) is 3.10. The van der Waals surface area contributed by atoms with Crippen LogP contribution in [0.1, 0.15) is 23.6 Å². The normalized spacial score (nSPS) is 12.8. The van der Waals surface area contributed by atoms with Gasteiger partial charge in [-0.15, -0.1) is 0 Å². The van der Waals surface area contributed by atoms with Gasteiger partial charge in [-0.1, -0.05) is 12.1 Å². The summed E-state index contributed by atoms with van der Waals surface area (Å²) in [4.78, 5) is 0. The van der Waals surface area contributed by atoms with Crippen LogP contribution in [0.5, 0.6) is 0 Å². The summed E-state index contributed by atoms with van der Waals surface area (Å²) in [6.07, 6.45) is 1.78. The Bertz CT molecular complexity index is 503. The molecule has 2 aromatic heterocycles. The Hall–Kier alpha value is -0.820. The summed E-state index contributed by atoms with van der Waals surface area (Å²) in [7, 11) is 3.69. The molecule has 0 aliphatic carbocycles. The highest BCUT2D eigenvalue weighted by Crippen LogP contribution is 2.24. The molecule has 0 fully saturated rings.